The predicted octanol–water partition coefficient (Wildman–Crippen LogP) is 0.479. The van der Waals surface area contributed by atoms with Gasteiger partial charge in [0.2, 0.25) is 5.69 Å². The van der Waals surface area contributed by atoms with Gasteiger partial charge in [-0.15, -0.1) is 0 Å². The molecule has 1 aromatic rings. The van der Waals surface area contributed by atoms with Gasteiger partial charge >= 0.3 is 0 Å². The van der Waals surface area contributed by atoms with Gasteiger partial charge in [0.1, 0.15) is 7.05 Å². The Morgan fingerprint density at radius 1 is 1.27 bits per heavy atom. The van der Waals surface area contributed by atoms with Crippen LogP contribution >= 0.6 is 15.9 Å². The Morgan fingerprint density at radius 2 is 1.87 bits per heavy atom. The van der Waals surface area contributed by atoms with E-state index >= 15 is 0 Å². The minimum Gasteiger partial charge on any atom is -1.00 e. The fraction of sp³-hybridized carbons (Fsp3) is 0.417. The minimum atomic E-state index is 0. The van der Waals surface area contributed by atoms with E-state index < -0.39 is 0 Å². The maximum Gasteiger partial charge on any atom is 0.209 e. The molecule has 0 unspecified atom stereocenters. The Kier molecular flexibility index (Phi) is 3.66. The van der Waals surface area contributed by atoms with Crippen molar-refractivity contribution in [2.24, 2.45) is 0 Å². The summed E-state index contributed by atoms with van der Waals surface area (Å²) >= 11 is 3.53. The van der Waals surface area contributed by atoms with Crippen LogP contribution in [0.1, 0.15) is 26.3 Å². The molecule has 1 aliphatic rings. The second-order valence-electron chi connectivity index (χ2n) is 4.43. The van der Waals surface area contributed by atoms with E-state index in [0.29, 0.717) is 0 Å². The molecule has 1 aromatic carbocycles. The van der Waals surface area contributed by atoms with E-state index in [1.54, 1.807) is 0 Å². The van der Waals surface area contributed by atoms with Crippen molar-refractivity contribution in [2.45, 2.75) is 26.2 Å². The molecule has 1 nitrogen and oxygen atoms in total. The van der Waals surface area contributed by atoms with Gasteiger partial charge in [-0.05, 0) is 26.0 Å². The number of hydrogen-bond donors (Lipinski definition) is 0. The van der Waals surface area contributed by atoms with Crippen molar-refractivity contribution in [3.05, 3.63) is 28.2 Å². The highest BCUT2D eigenvalue weighted by molar-refractivity contribution is 9.10. The third-order valence-corrected chi connectivity index (χ3v) is 3.89. The molecule has 2 rings (SSSR count). The first-order chi connectivity index (χ1) is 6.44. The molecule has 3 heteroatoms. The van der Waals surface area contributed by atoms with Gasteiger partial charge in [0, 0.05) is 23.0 Å². The zero-order chi connectivity index (χ0) is 10.5. The average Bonchev–Trinajstić information content (AvgIpc) is 2.29. The van der Waals surface area contributed by atoms with Crippen molar-refractivity contribution < 1.29 is 28.6 Å². The molecule has 0 fully saturated rings. The summed E-state index contributed by atoms with van der Waals surface area (Å²) in [5.41, 5.74) is 4.31. The summed E-state index contributed by atoms with van der Waals surface area (Å²) in [5, 5.41) is 0. The maximum atomic E-state index is 3.53. The van der Waals surface area contributed by atoms with E-state index in [9.17, 15) is 0 Å². The van der Waals surface area contributed by atoms with Crippen LogP contribution in [-0.2, 0) is 5.41 Å². The zero-order valence-electron chi connectivity index (χ0n) is 9.44. The van der Waals surface area contributed by atoms with Crippen molar-refractivity contribution in [1.29, 1.82) is 0 Å². The third-order valence-electron chi connectivity index (χ3n) is 3.40. The molecule has 15 heavy (non-hydrogen) atoms. The Balaban J connectivity index is 0.00000112. The first kappa shape index (κ1) is 13.2. The van der Waals surface area contributed by atoms with Gasteiger partial charge in [-0.1, -0.05) is 15.9 Å². The second-order valence-corrected chi connectivity index (χ2v) is 5.35. The number of nitrogens with zero attached hydrogens (tertiary/aromatic N) is 1. The molecule has 0 saturated carbocycles. The summed E-state index contributed by atoms with van der Waals surface area (Å²) < 4.78 is 3.44. The van der Waals surface area contributed by atoms with E-state index in [4.69, 9.17) is 0 Å². The van der Waals surface area contributed by atoms with Gasteiger partial charge in [0.15, 0.2) is 5.71 Å². The molecule has 1 aliphatic heterocycles. The predicted molar refractivity (Wildman–Crippen MR) is 63.7 cm³/mol. The Hall–Kier alpha value is 0.1000. The fourth-order valence-electron chi connectivity index (χ4n) is 2.10. The largest absolute Gasteiger partial charge is 1.00 e. The number of fused-ring (bicyclic) bond motifs is 1. The monoisotopic (exact) mass is 379 g/mol. The van der Waals surface area contributed by atoms with E-state index in [1.165, 1.54) is 17.0 Å². The molecule has 1 heterocycles. The third kappa shape index (κ3) is 1.88. The van der Waals surface area contributed by atoms with Crippen molar-refractivity contribution in [2.75, 3.05) is 7.05 Å². The van der Waals surface area contributed by atoms with Crippen LogP contribution in [0.25, 0.3) is 0 Å². The summed E-state index contributed by atoms with van der Waals surface area (Å²) in [6.45, 7) is 6.75. The van der Waals surface area contributed by atoms with E-state index in [0.717, 1.165) is 4.47 Å². The van der Waals surface area contributed by atoms with Gasteiger partial charge < -0.3 is 24.0 Å². The zero-order valence-corrected chi connectivity index (χ0v) is 13.2. The molecule has 0 aliphatic carbocycles. The number of halogens is 2. The molecule has 0 saturated heterocycles. The van der Waals surface area contributed by atoms with Crippen LogP contribution in [0, 0.1) is 0 Å². The quantitative estimate of drug-likeness (QED) is 0.455. The lowest BCUT2D eigenvalue weighted by molar-refractivity contribution is -0.403. The molecular formula is C12H15BrIN. The Morgan fingerprint density at radius 3 is 2.47 bits per heavy atom. The van der Waals surface area contributed by atoms with Gasteiger partial charge in [0.25, 0.3) is 0 Å². The van der Waals surface area contributed by atoms with E-state index in [1.807, 2.05) is 0 Å². The van der Waals surface area contributed by atoms with Gasteiger partial charge in [-0.25, -0.2) is 4.58 Å². The van der Waals surface area contributed by atoms with Crippen molar-refractivity contribution in [1.82, 2.24) is 0 Å². The van der Waals surface area contributed by atoms with E-state index in [2.05, 4.69) is 66.5 Å². The lowest BCUT2D eigenvalue weighted by atomic mass is 9.82. The highest BCUT2D eigenvalue weighted by atomic mass is 127. The Labute approximate surface area is 117 Å². The van der Waals surface area contributed by atoms with Crippen molar-refractivity contribution in [3.8, 4) is 0 Å². The number of benzene rings is 1. The maximum absolute atomic E-state index is 3.53. The topological polar surface area (TPSA) is 3.01 Å². The smallest absolute Gasteiger partial charge is 0.209 e. The van der Waals surface area contributed by atoms with Crippen LogP contribution in [0.3, 0.4) is 0 Å². The SMILES string of the molecule is CC1=[N+](C)c2ccc(Br)cc2C1(C)C.[I-]. The van der Waals surface area contributed by atoms with E-state index in [-0.39, 0.29) is 29.4 Å². The van der Waals surface area contributed by atoms with Crippen LogP contribution in [0.4, 0.5) is 5.69 Å². The number of rotatable bonds is 0. The summed E-state index contributed by atoms with van der Waals surface area (Å²) in [7, 11) is 2.14. The highest BCUT2D eigenvalue weighted by Crippen LogP contribution is 2.39. The van der Waals surface area contributed by atoms with Crippen LogP contribution in [0.15, 0.2) is 22.7 Å². The van der Waals surface area contributed by atoms with Crippen molar-refractivity contribution >= 4 is 27.3 Å². The molecule has 0 N–H and O–H groups in total. The number of hydrogen-bond acceptors (Lipinski definition) is 0. The normalized spacial score (nSPS) is 17.4. The summed E-state index contributed by atoms with van der Waals surface area (Å²) in [5.74, 6) is 0. The van der Waals surface area contributed by atoms with Crippen LogP contribution in [-0.4, -0.2) is 17.3 Å². The highest BCUT2D eigenvalue weighted by Gasteiger charge is 2.41. The van der Waals surface area contributed by atoms with Crippen molar-refractivity contribution in [3.63, 3.8) is 0 Å². The molecule has 82 valence electrons. The molecule has 0 amide bonds. The molecule has 0 bridgehead atoms. The molecular weight excluding hydrogens is 365 g/mol. The van der Waals surface area contributed by atoms with Gasteiger partial charge in [-0.3, -0.25) is 0 Å². The minimum absolute atomic E-state index is 0. The summed E-state index contributed by atoms with van der Waals surface area (Å²) in [6, 6.07) is 6.50. The first-order valence-corrected chi connectivity index (χ1v) is 5.61. The Bertz CT molecular complexity index is 435. The van der Waals surface area contributed by atoms with Crippen LogP contribution < -0.4 is 24.0 Å². The molecule has 0 radical (unpaired) electrons. The fourth-order valence-corrected chi connectivity index (χ4v) is 2.46. The summed E-state index contributed by atoms with van der Waals surface area (Å²) in [6.07, 6.45) is 0. The standard InChI is InChI=1S/C12H15BrN.HI/c1-8-12(2,3)10-7-9(13)5-6-11(10)14(8)4;/h5-7H,1-4H3;1H/q+1;/p-1. The van der Waals surface area contributed by atoms with Crippen LogP contribution in [0.2, 0.25) is 0 Å². The summed E-state index contributed by atoms with van der Waals surface area (Å²) in [4.78, 5) is 0. The average molecular weight is 380 g/mol. The van der Waals surface area contributed by atoms with Gasteiger partial charge in [-0.2, -0.15) is 0 Å². The molecule has 0 aromatic heterocycles. The first-order valence-electron chi connectivity index (χ1n) is 4.82. The molecule has 0 spiro atoms. The van der Waals surface area contributed by atoms with Gasteiger partial charge in [0.05, 0.1) is 5.41 Å². The second kappa shape index (κ2) is 4.17. The van der Waals surface area contributed by atoms with Crippen LogP contribution in [0.5, 0.6) is 0 Å². The lowest BCUT2D eigenvalue weighted by Crippen LogP contribution is -3.00. The molecule has 0 atom stereocenters. The lowest BCUT2D eigenvalue weighted by Gasteiger charge is -2.14.